The van der Waals surface area contributed by atoms with E-state index >= 15 is 0 Å². The Morgan fingerprint density at radius 1 is 1.60 bits per heavy atom. The lowest BCUT2D eigenvalue weighted by molar-refractivity contribution is -0.00313. The highest BCUT2D eigenvalue weighted by Gasteiger charge is 2.23. The van der Waals surface area contributed by atoms with Gasteiger partial charge in [-0.15, -0.1) is 0 Å². The van der Waals surface area contributed by atoms with Crippen molar-refractivity contribution in [1.82, 2.24) is 0 Å². The molecule has 0 spiro atoms. The first kappa shape index (κ1) is 7.95. The molecule has 0 aromatic carbocycles. The zero-order chi connectivity index (χ0) is 7.40. The van der Waals surface area contributed by atoms with Gasteiger partial charge in [0.15, 0.2) is 0 Å². The minimum absolute atomic E-state index is 0.152. The summed E-state index contributed by atoms with van der Waals surface area (Å²) in [6.07, 6.45) is 0.848. The molecule has 0 amide bonds. The molecule has 0 aromatic rings. The number of alkyl halides is 1. The lowest BCUT2D eigenvalue weighted by Crippen LogP contribution is -2.30. The van der Waals surface area contributed by atoms with Crippen molar-refractivity contribution in [2.75, 3.05) is 19.8 Å². The Morgan fingerprint density at radius 2 is 2.40 bits per heavy atom. The summed E-state index contributed by atoms with van der Waals surface area (Å²) in [5.74, 6) is 0.152. The zero-order valence-corrected chi connectivity index (χ0v) is 6.05. The highest BCUT2D eigenvalue weighted by Crippen LogP contribution is 2.20. The number of nitrogens with two attached hydrogens (primary N) is 1. The molecule has 0 radical (unpaired) electrons. The second-order valence-electron chi connectivity index (χ2n) is 2.72. The maximum absolute atomic E-state index is 12.9. The van der Waals surface area contributed by atoms with Gasteiger partial charge in [-0.2, -0.15) is 0 Å². The first-order valence-corrected chi connectivity index (χ1v) is 3.76. The maximum Gasteiger partial charge on any atom is 0.126 e. The van der Waals surface area contributed by atoms with Gasteiger partial charge >= 0.3 is 0 Å². The smallest absolute Gasteiger partial charge is 0.126 e. The van der Waals surface area contributed by atoms with Gasteiger partial charge in [0.1, 0.15) is 6.17 Å². The van der Waals surface area contributed by atoms with Crippen molar-refractivity contribution in [3.63, 3.8) is 0 Å². The van der Waals surface area contributed by atoms with E-state index in [1.54, 1.807) is 0 Å². The summed E-state index contributed by atoms with van der Waals surface area (Å²) in [6.45, 7) is 1.56. The van der Waals surface area contributed by atoms with Crippen LogP contribution in [0, 0.1) is 5.92 Å². The number of rotatable bonds is 2. The van der Waals surface area contributed by atoms with Gasteiger partial charge in [0.25, 0.3) is 0 Å². The molecule has 1 aliphatic rings. The van der Waals surface area contributed by atoms with E-state index in [4.69, 9.17) is 10.5 Å². The predicted octanol–water partition coefficient (Wildman–Crippen LogP) is 0.710. The van der Waals surface area contributed by atoms with E-state index in [9.17, 15) is 4.39 Å². The zero-order valence-electron chi connectivity index (χ0n) is 6.05. The Labute approximate surface area is 60.5 Å². The normalized spacial score (nSPS) is 34.2. The molecule has 1 saturated heterocycles. The van der Waals surface area contributed by atoms with Crippen molar-refractivity contribution < 1.29 is 9.13 Å². The van der Waals surface area contributed by atoms with E-state index in [2.05, 4.69) is 0 Å². The molecule has 2 atom stereocenters. The van der Waals surface area contributed by atoms with Crippen LogP contribution in [0.1, 0.15) is 12.8 Å². The maximum atomic E-state index is 12.9. The van der Waals surface area contributed by atoms with Crippen molar-refractivity contribution in [1.29, 1.82) is 0 Å². The number of hydrogen-bond donors (Lipinski definition) is 1. The highest BCUT2D eigenvalue weighted by atomic mass is 19.1. The Balaban J connectivity index is 2.25. The number of hydrogen-bond acceptors (Lipinski definition) is 2. The fourth-order valence-corrected chi connectivity index (χ4v) is 1.29. The molecule has 1 rings (SSSR count). The molecule has 2 nitrogen and oxygen atoms in total. The Bertz CT molecular complexity index is 97.6. The lowest BCUT2D eigenvalue weighted by Gasteiger charge is -2.25. The van der Waals surface area contributed by atoms with Crippen molar-refractivity contribution in [2.45, 2.75) is 19.0 Å². The molecule has 3 heteroatoms. The minimum Gasteiger partial charge on any atom is -0.378 e. The van der Waals surface area contributed by atoms with Crippen LogP contribution in [0.5, 0.6) is 0 Å². The fourth-order valence-electron chi connectivity index (χ4n) is 1.29. The highest BCUT2D eigenvalue weighted by molar-refractivity contribution is 4.72. The summed E-state index contributed by atoms with van der Waals surface area (Å²) >= 11 is 0. The quantitative estimate of drug-likeness (QED) is 0.624. The molecule has 1 heterocycles. The third-order valence-electron chi connectivity index (χ3n) is 1.96. The van der Waals surface area contributed by atoms with E-state index in [1.165, 1.54) is 0 Å². The van der Waals surface area contributed by atoms with Crippen LogP contribution in [0.2, 0.25) is 0 Å². The Hall–Kier alpha value is -0.150. The lowest BCUT2D eigenvalue weighted by atomic mass is 9.95. The standard InChI is InChI=1S/C7H14FNO/c8-7-5-10-4-2-6(7)1-3-9/h6-7H,1-5,9H2. The van der Waals surface area contributed by atoms with Crippen LogP contribution >= 0.6 is 0 Å². The minimum atomic E-state index is -0.780. The molecule has 0 aromatic heterocycles. The third-order valence-corrected chi connectivity index (χ3v) is 1.96. The SMILES string of the molecule is NCCC1CCOCC1F. The molecular weight excluding hydrogens is 133 g/mol. The summed E-state index contributed by atoms with van der Waals surface area (Å²) in [4.78, 5) is 0. The van der Waals surface area contributed by atoms with Gasteiger partial charge in [0.05, 0.1) is 6.61 Å². The Kier molecular flexibility index (Phi) is 3.09. The molecule has 1 fully saturated rings. The first-order valence-electron chi connectivity index (χ1n) is 3.76. The Morgan fingerprint density at radius 3 is 3.00 bits per heavy atom. The van der Waals surface area contributed by atoms with Gasteiger partial charge in [-0.1, -0.05) is 0 Å². The van der Waals surface area contributed by atoms with E-state index in [-0.39, 0.29) is 12.5 Å². The number of ether oxygens (including phenoxy) is 1. The van der Waals surface area contributed by atoms with Gasteiger partial charge in [0.2, 0.25) is 0 Å². The average molecular weight is 147 g/mol. The summed E-state index contributed by atoms with van der Waals surface area (Å²) < 4.78 is 17.8. The van der Waals surface area contributed by atoms with Gasteiger partial charge in [-0.3, -0.25) is 0 Å². The molecule has 0 saturated carbocycles. The van der Waals surface area contributed by atoms with Crippen LogP contribution in [0.15, 0.2) is 0 Å². The first-order chi connectivity index (χ1) is 4.84. The summed E-state index contributed by atoms with van der Waals surface area (Å²) in [6, 6.07) is 0. The molecule has 2 unspecified atom stereocenters. The molecule has 1 aliphatic heterocycles. The van der Waals surface area contributed by atoms with Crippen LogP contribution in [0.3, 0.4) is 0 Å². The second kappa shape index (κ2) is 3.88. The van der Waals surface area contributed by atoms with Crippen LogP contribution in [0.4, 0.5) is 4.39 Å². The van der Waals surface area contributed by atoms with Gasteiger partial charge in [-0.25, -0.2) is 4.39 Å². The summed E-state index contributed by atoms with van der Waals surface area (Å²) in [5, 5.41) is 0. The topological polar surface area (TPSA) is 35.2 Å². The second-order valence-corrected chi connectivity index (χ2v) is 2.72. The molecule has 60 valence electrons. The van der Waals surface area contributed by atoms with Crippen molar-refractivity contribution in [3.05, 3.63) is 0 Å². The van der Waals surface area contributed by atoms with Gasteiger partial charge < -0.3 is 10.5 Å². The molecule has 0 aliphatic carbocycles. The van der Waals surface area contributed by atoms with E-state index in [1.807, 2.05) is 0 Å². The van der Waals surface area contributed by atoms with Gasteiger partial charge in [-0.05, 0) is 25.3 Å². The molecule has 10 heavy (non-hydrogen) atoms. The van der Waals surface area contributed by atoms with Crippen LogP contribution < -0.4 is 5.73 Å². The molecule has 0 bridgehead atoms. The van der Waals surface area contributed by atoms with Crippen LogP contribution in [-0.2, 0) is 4.74 Å². The fraction of sp³-hybridized carbons (Fsp3) is 1.00. The van der Waals surface area contributed by atoms with Crippen LogP contribution in [-0.4, -0.2) is 25.9 Å². The van der Waals surface area contributed by atoms with Crippen molar-refractivity contribution >= 4 is 0 Å². The van der Waals surface area contributed by atoms with Gasteiger partial charge in [0, 0.05) is 6.61 Å². The predicted molar refractivity (Wildman–Crippen MR) is 37.5 cm³/mol. The molecular formula is C7H14FNO. The summed E-state index contributed by atoms with van der Waals surface area (Å²) in [7, 11) is 0. The van der Waals surface area contributed by atoms with E-state index in [0.717, 1.165) is 12.8 Å². The largest absolute Gasteiger partial charge is 0.378 e. The van der Waals surface area contributed by atoms with Crippen LogP contribution in [0.25, 0.3) is 0 Å². The third kappa shape index (κ3) is 1.92. The van der Waals surface area contributed by atoms with Crippen molar-refractivity contribution in [3.8, 4) is 0 Å². The average Bonchev–Trinajstić information content (AvgIpc) is 1.94. The monoisotopic (exact) mass is 147 g/mol. The van der Waals surface area contributed by atoms with E-state index < -0.39 is 6.17 Å². The molecule has 2 N–H and O–H groups in total. The summed E-state index contributed by atoms with van der Waals surface area (Å²) in [5.41, 5.74) is 5.31. The van der Waals surface area contributed by atoms with E-state index in [0.29, 0.717) is 13.2 Å². The van der Waals surface area contributed by atoms with Crippen molar-refractivity contribution in [2.24, 2.45) is 11.7 Å². The number of halogens is 1.